The summed E-state index contributed by atoms with van der Waals surface area (Å²) in [5, 5.41) is 18.2. The maximum absolute atomic E-state index is 13.5. The zero-order chi connectivity index (χ0) is 19.1. The van der Waals surface area contributed by atoms with E-state index >= 15 is 0 Å². The number of anilines is 2. The lowest BCUT2D eigenvalue weighted by Crippen LogP contribution is -2.47. The lowest BCUT2D eigenvalue weighted by molar-refractivity contribution is -0.138. The van der Waals surface area contributed by atoms with Gasteiger partial charge < -0.3 is 14.9 Å². The van der Waals surface area contributed by atoms with Crippen molar-refractivity contribution in [1.82, 2.24) is 4.98 Å². The molecule has 2 atom stereocenters. The number of halogens is 3. The molecule has 2 aliphatic rings. The first-order valence-electron chi connectivity index (χ1n) is 8.46. The number of rotatable bonds is 4. The van der Waals surface area contributed by atoms with Crippen LogP contribution < -0.4 is 9.80 Å². The van der Waals surface area contributed by atoms with Gasteiger partial charge in [0.25, 0.3) is 0 Å². The zero-order valence-electron chi connectivity index (χ0n) is 14.3. The second-order valence-corrected chi connectivity index (χ2v) is 6.87. The van der Waals surface area contributed by atoms with E-state index in [2.05, 4.69) is 4.98 Å². The van der Waals surface area contributed by atoms with Crippen LogP contribution in [0, 0.1) is 17.2 Å². The molecule has 6 nitrogen and oxygen atoms in total. The average molecular weight is 368 g/mol. The number of alkyl halides is 3. The molecule has 0 saturated carbocycles. The van der Waals surface area contributed by atoms with Crippen LogP contribution in [0.1, 0.15) is 37.3 Å². The molecular formula is C17H19F3N4O2. The molecule has 3 rings (SSSR count). The van der Waals surface area contributed by atoms with E-state index in [9.17, 15) is 23.2 Å². The van der Waals surface area contributed by atoms with Crippen LogP contribution in [0.5, 0.6) is 0 Å². The SMILES string of the molecule is C[C@H]1CCN1c1nc(N2CCC(CC(=O)O)C2)cc(C(F)(F)F)c1C#N. The number of aliphatic carboxylic acids is 1. The molecular weight excluding hydrogens is 349 g/mol. The molecule has 0 amide bonds. The number of carbonyl (C=O) groups is 1. The molecule has 2 saturated heterocycles. The molecule has 140 valence electrons. The predicted octanol–water partition coefficient (Wildman–Crippen LogP) is 2.87. The van der Waals surface area contributed by atoms with Crippen LogP contribution in [-0.4, -0.2) is 41.7 Å². The number of nitriles is 1. The molecule has 26 heavy (non-hydrogen) atoms. The lowest BCUT2D eigenvalue weighted by atomic mass is 10.0. The minimum atomic E-state index is -4.66. The maximum Gasteiger partial charge on any atom is 0.417 e. The van der Waals surface area contributed by atoms with Crippen LogP contribution in [0.4, 0.5) is 24.8 Å². The summed E-state index contributed by atoms with van der Waals surface area (Å²) in [5.41, 5.74) is -1.44. The number of hydrogen-bond acceptors (Lipinski definition) is 5. The molecule has 0 radical (unpaired) electrons. The summed E-state index contributed by atoms with van der Waals surface area (Å²) in [7, 11) is 0. The van der Waals surface area contributed by atoms with Gasteiger partial charge in [0.2, 0.25) is 0 Å². The van der Waals surface area contributed by atoms with E-state index in [4.69, 9.17) is 5.11 Å². The molecule has 1 aromatic heterocycles. The Kier molecular flexibility index (Phi) is 4.69. The fraction of sp³-hybridized carbons (Fsp3) is 0.588. The Morgan fingerprint density at radius 2 is 2.15 bits per heavy atom. The second kappa shape index (κ2) is 6.67. The van der Waals surface area contributed by atoms with Gasteiger partial charge in [0, 0.05) is 32.1 Å². The highest BCUT2D eigenvalue weighted by molar-refractivity contribution is 5.68. The van der Waals surface area contributed by atoms with Gasteiger partial charge in [0.1, 0.15) is 23.3 Å². The van der Waals surface area contributed by atoms with Gasteiger partial charge in [-0.1, -0.05) is 0 Å². The van der Waals surface area contributed by atoms with Crippen molar-refractivity contribution in [3.05, 3.63) is 17.2 Å². The summed E-state index contributed by atoms with van der Waals surface area (Å²) in [6, 6.07) is 2.62. The zero-order valence-corrected chi connectivity index (χ0v) is 14.3. The molecule has 2 aliphatic heterocycles. The Balaban J connectivity index is 2.00. The van der Waals surface area contributed by atoms with Crippen molar-refractivity contribution in [2.75, 3.05) is 29.4 Å². The van der Waals surface area contributed by atoms with Gasteiger partial charge in [0.15, 0.2) is 0 Å². The van der Waals surface area contributed by atoms with Crippen LogP contribution in [0.3, 0.4) is 0 Å². The number of nitrogens with zero attached hydrogens (tertiary/aromatic N) is 4. The van der Waals surface area contributed by atoms with E-state index in [1.165, 1.54) is 0 Å². The van der Waals surface area contributed by atoms with Crippen LogP contribution >= 0.6 is 0 Å². The molecule has 1 aromatic rings. The van der Waals surface area contributed by atoms with E-state index < -0.39 is 23.3 Å². The quantitative estimate of drug-likeness (QED) is 0.880. The van der Waals surface area contributed by atoms with Crippen LogP contribution in [-0.2, 0) is 11.0 Å². The Labute approximate surface area is 148 Å². The molecule has 3 heterocycles. The monoisotopic (exact) mass is 368 g/mol. The van der Waals surface area contributed by atoms with Crippen molar-refractivity contribution >= 4 is 17.6 Å². The number of pyridine rings is 1. The predicted molar refractivity (Wildman–Crippen MR) is 88.0 cm³/mol. The fourth-order valence-corrected chi connectivity index (χ4v) is 3.51. The molecule has 0 aliphatic carbocycles. The van der Waals surface area contributed by atoms with Crippen molar-refractivity contribution in [2.45, 2.75) is 38.4 Å². The number of carboxylic acids is 1. The highest BCUT2D eigenvalue weighted by Gasteiger charge is 2.39. The molecule has 9 heteroatoms. The van der Waals surface area contributed by atoms with Crippen molar-refractivity contribution in [3.8, 4) is 6.07 Å². The largest absolute Gasteiger partial charge is 0.481 e. The first-order valence-corrected chi connectivity index (χ1v) is 8.46. The van der Waals surface area contributed by atoms with Crippen molar-refractivity contribution in [3.63, 3.8) is 0 Å². The van der Waals surface area contributed by atoms with Crippen LogP contribution in [0.2, 0.25) is 0 Å². The lowest BCUT2D eigenvalue weighted by Gasteiger charge is -2.40. The van der Waals surface area contributed by atoms with Crippen molar-refractivity contribution in [1.29, 1.82) is 5.26 Å². The van der Waals surface area contributed by atoms with Gasteiger partial charge in [-0.2, -0.15) is 18.4 Å². The third kappa shape index (κ3) is 3.41. The highest BCUT2D eigenvalue weighted by Crippen LogP contribution is 2.40. The molecule has 1 N–H and O–H groups in total. The maximum atomic E-state index is 13.5. The van der Waals surface area contributed by atoms with Crippen LogP contribution in [0.15, 0.2) is 6.07 Å². The summed E-state index contributed by atoms with van der Waals surface area (Å²) >= 11 is 0. The summed E-state index contributed by atoms with van der Waals surface area (Å²) < 4.78 is 40.6. The third-order valence-corrected chi connectivity index (χ3v) is 5.07. The number of hydrogen-bond donors (Lipinski definition) is 1. The van der Waals surface area contributed by atoms with Gasteiger partial charge in [-0.05, 0) is 31.7 Å². The normalized spacial score (nSPS) is 22.9. The Morgan fingerprint density at radius 3 is 2.65 bits per heavy atom. The summed E-state index contributed by atoms with van der Waals surface area (Å²) in [6.07, 6.45) is -3.26. The van der Waals surface area contributed by atoms with E-state index in [1.807, 2.05) is 6.92 Å². The van der Waals surface area contributed by atoms with Gasteiger partial charge in [-0.3, -0.25) is 4.79 Å². The Hall–Kier alpha value is -2.50. The van der Waals surface area contributed by atoms with Crippen molar-refractivity contribution in [2.24, 2.45) is 5.92 Å². The average Bonchev–Trinajstić information content (AvgIpc) is 2.99. The molecule has 0 bridgehead atoms. The van der Waals surface area contributed by atoms with E-state index in [1.54, 1.807) is 15.9 Å². The first-order chi connectivity index (χ1) is 12.2. The first kappa shape index (κ1) is 18.3. The fourth-order valence-electron chi connectivity index (χ4n) is 3.51. The Morgan fingerprint density at radius 1 is 1.42 bits per heavy atom. The molecule has 2 fully saturated rings. The number of aromatic nitrogens is 1. The summed E-state index contributed by atoms with van der Waals surface area (Å²) in [4.78, 5) is 18.6. The van der Waals surface area contributed by atoms with E-state index in [0.29, 0.717) is 26.1 Å². The molecule has 1 unspecified atom stereocenters. The van der Waals surface area contributed by atoms with Crippen molar-refractivity contribution < 1.29 is 23.1 Å². The molecule has 0 aromatic carbocycles. The minimum absolute atomic E-state index is 0.0189. The smallest absolute Gasteiger partial charge is 0.417 e. The number of carboxylic acid groups (broad SMARTS) is 1. The van der Waals surface area contributed by atoms with E-state index in [0.717, 1.165) is 12.5 Å². The van der Waals surface area contributed by atoms with Crippen LogP contribution in [0.25, 0.3) is 0 Å². The standard InChI is InChI=1S/C17H19F3N4O2/c1-10-2-5-24(10)16-12(8-21)13(17(18,19)20)7-14(22-16)23-4-3-11(9-23)6-15(25)26/h7,10-11H,2-6,9H2,1H3,(H,25,26)/t10-,11?/m0/s1. The third-order valence-electron chi connectivity index (χ3n) is 5.07. The van der Waals surface area contributed by atoms with Gasteiger partial charge >= 0.3 is 12.1 Å². The Bertz CT molecular complexity index is 760. The highest BCUT2D eigenvalue weighted by atomic mass is 19.4. The van der Waals surface area contributed by atoms with E-state index in [-0.39, 0.29) is 30.0 Å². The van der Waals surface area contributed by atoms with Gasteiger partial charge in [-0.25, -0.2) is 4.98 Å². The second-order valence-electron chi connectivity index (χ2n) is 6.87. The van der Waals surface area contributed by atoms with Gasteiger partial charge in [0.05, 0.1) is 5.56 Å². The van der Waals surface area contributed by atoms with Gasteiger partial charge in [-0.15, -0.1) is 0 Å². The summed E-state index contributed by atoms with van der Waals surface area (Å²) in [5.74, 6) is -0.822. The molecule has 0 spiro atoms. The summed E-state index contributed by atoms with van der Waals surface area (Å²) in [6.45, 7) is 3.23. The minimum Gasteiger partial charge on any atom is -0.481 e. The topological polar surface area (TPSA) is 80.5 Å².